The summed E-state index contributed by atoms with van der Waals surface area (Å²) in [4.78, 5) is 24.6. The zero-order valence-corrected chi connectivity index (χ0v) is 30.4. The van der Waals surface area contributed by atoms with Gasteiger partial charge in [0.2, 0.25) is 0 Å². The number of hydrogen-bond acceptors (Lipinski definition) is 6. The fourth-order valence-corrected chi connectivity index (χ4v) is 5.45. The molecule has 0 aromatic carbocycles. The maximum atomic E-state index is 12.4. The molecule has 0 spiro atoms. The lowest BCUT2D eigenvalue weighted by atomic mass is 10.1. The van der Waals surface area contributed by atoms with Crippen LogP contribution in [0, 0.1) is 0 Å². The molecule has 0 aromatic rings. The van der Waals surface area contributed by atoms with Gasteiger partial charge in [0.05, 0.1) is 0 Å². The van der Waals surface area contributed by atoms with Gasteiger partial charge in [-0.2, -0.15) is 0 Å². The average molecular weight is 641 g/mol. The lowest BCUT2D eigenvalue weighted by molar-refractivity contribution is -0.155. The standard InChI is InChI=1S/C39H76O6/c1-4-7-10-12-14-16-18-20-22-24-26-28-34-43-37(36-45-39(41)31-29-33-42-32-9-6-3)35-44-38(40)30-27-25-23-21-19-17-15-13-11-8-5-2/h37H,4-36H2,1-3H3. The Morgan fingerprint density at radius 1 is 0.400 bits per heavy atom. The van der Waals surface area contributed by atoms with E-state index in [2.05, 4.69) is 20.8 Å². The third-order valence-electron chi connectivity index (χ3n) is 8.51. The highest BCUT2D eigenvalue weighted by Gasteiger charge is 2.16. The van der Waals surface area contributed by atoms with Crippen LogP contribution < -0.4 is 0 Å². The second-order valence-corrected chi connectivity index (χ2v) is 13.1. The lowest BCUT2D eigenvalue weighted by Crippen LogP contribution is -2.29. The number of carbonyl (C=O) groups excluding carboxylic acids is 2. The van der Waals surface area contributed by atoms with Gasteiger partial charge in [0.25, 0.3) is 0 Å². The van der Waals surface area contributed by atoms with Crippen LogP contribution in [0.4, 0.5) is 0 Å². The van der Waals surface area contributed by atoms with E-state index in [-0.39, 0.29) is 25.2 Å². The molecule has 0 aliphatic heterocycles. The number of ether oxygens (including phenoxy) is 4. The molecule has 0 aliphatic rings. The smallest absolute Gasteiger partial charge is 0.305 e. The molecule has 6 heteroatoms. The quantitative estimate of drug-likeness (QED) is 0.0497. The van der Waals surface area contributed by atoms with Crippen molar-refractivity contribution in [3.8, 4) is 0 Å². The summed E-state index contributed by atoms with van der Waals surface area (Å²) in [5, 5.41) is 0. The fraction of sp³-hybridized carbons (Fsp3) is 0.949. The molecule has 6 nitrogen and oxygen atoms in total. The first-order valence-corrected chi connectivity index (χ1v) is 19.6. The van der Waals surface area contributed by atoms with Crippen LogP contribution in [0.5, 0.6) is 0 Å². The van der Waals surface area contributed by atoms with Crippen molar-refractivity contribution in [2.45, 2.75) is 207 Å². The first-order valence-electron chi connectivity index (χ1n) is 19.6. The first-order chi connectivity index (χ1) is 22.1. The fourth-order valence-electron chi connectivity index (χ4n) is 5.45. The van der Waals surface area contributed by atoms with Crippen molar-refractivity contribution < 1.29 is 28.5 Å². The van der Waals surface area contributed by atoms with E-state index in [0.29, 0.717) is 32.5 Å². The van der Waals surface area contributed by atoms with E-state index in [4.69, 9.17) is 18.9 Å². The van der Waals surface area contributed by atoms with Gasteiger partial charge in [0.15, 0.2) is 0 Å². The molecule has 0 saturated carbocycles. The van der Waals surface area contributed by atoms with E-state index in [1.807, 2.05) is 0 Å². The van der Waals surface area contributed by atoms with Gasteiger partial charge < -0.3 is 18.9 Å². The first kappa shape index (κ1) is 43.9. The van der Waals surface area contributed by atoms with Crippen LogP contribution in [0.2, 0.25) is 0 Å². The van der Waals surface area contributed by atoms with Gasteiger partial charge in [-0.05, 0) is 25.7 Å². The molecule has 0 saturated heterocycles. The Kier molecular flexibility index (Phi) is 36.4. The molecule has 0 rings (SSSR count). The maximum Gasteiger partial charge on any atom is 0.305 e. The van der Waals surface area contributed by atoms with Crippen LogP contribution in [0.15, 0.2) is 0 Å². The summed E-state index contributed by atoms with van der Waals surface area (Å²) < 4.78 is 22.6. The second-order valence-electron chi connectivity index (χ2n) is 13.1. The number of esters is 2. The summed E-state index contributed by atoms with van der Waals surface area (Å²) in [6.45, 7) is 8.84. The van der Waals surface area contributed by atoms with E-state index < -0.39 is 6.10 Å². The van der Waals surface area contributed by atoms with Crippen molar-refractivity contribution >= 4 is 11.9 Å². The molecule has 45 heavy (non-hydrogen) atoms. The summed E-state index contributed by atoms with van der Waals surface area (Å²) in [5.74, 6) is -0.430. The highest BCUT2D eigenvalue weighted by molar-refractivity contribution is 5.69. The summed E-state index contributed by atoms with van der Waals surface area (Å²) in [6.07, 6.45) is 32.5. The monoisotopic (exact) mass is 641 g/mol. The summed E-state index contributed by atoms with van der Waals surface area (Å²) in [7, 11) is 0. The normalized spacial score (nSPS) is 12.0. The average Bonchev–Trinajstić information content (AvgIpc) is 3.04. The summed E-state index contributed by atoms with van der Waals surface area (Å²) >= 11 is 0. The molecular weight excluding hydrogens is 564 g/mol. The summed E-state index contributed by atoms with van der Waals surface area (Å²) in [5.41, 5.74) is 0. The van der Waals surface area contributed by atoms with Crippen molar-refractivity contribution in [1.82, 2.24) is 0 Å². The van der Waals surface area contributed by atoms with Crippen molar-refractivity contribution in [3.05, 3.63) is 0 Å². The number of rotatable bonds is 37. The lowest BCUT2D eigenvalue weighted by Gasteiger charge is -2.18. The topological polar surface area (TPSA) is 71.1 Å². The molecule has 0 radical (unpaired) electrons. The van der Waals surface area contributed by atoms with Crippen LogP contribution in [0.1, 0.15) is 201 Å². The minimum atomic E-state index is -0.413. The third-order valence-corrected chi connectivity index (χ3v) is 8.51. The van der Waals surface area contributed by atoms with E-state index in [1.54, 1.807) is 0 Å². The Bertz CT molecular complexity index is 610. The van der Waals surface area contributed by atoms with Gasteiger partial charge in [-0.25, -0.2) is 0 Å². The molecule has 0 bridgehead atoms. The van der Waals surface area contributed by atoms with Crippen molar-refractivity contribution in [2.75, 3.05) is 33.0 Å². The largest absolute Gasteiger partial charge is 0.463 e. The van der Waals surface area contributed by atoms with Crippen molar-refractivity contribution in [3.63, 3.8) is 0 Å². The van der Waals surface area contributed by atoms with Crippen LogP contribution in [0.25, 0.3) is 0 Å². The minimum absolute atomic E-state index is 0.125. The Labute approximate surface area is 279 Å². The highest BCUT2D eigenvalue weighted by atomic mass is 16.6. The molecular formula is C39H76O6. The maximum absolute atomic E-state index is 12.4. The minimum Gasteiger partial charge on any atom is -0.463 e. The summed E-state index contributed by atoms with van der Waals surface area (Å²) in [6, 6.07) is 0. The predicted molar refractivity (Wildman–Crippen MR) is 189 cm³/mol. The molecule has 268 valence electrons. The van der Waals surface area contributed by atoms with E-state index in [9.17, 15) is 9.59 Å². The van der Waals surface area contributed by atoms with E-state index in [0.717, 1.165) is 45.1 Å². The molecule has 1 unspecified atom stereocenters. The van der Waals surface area contributed by atoms with Crippen molar-refractivity contribution in [2.24, 2.45) is 0 Å². The Morgan fingerprint density at radius 2 is 0.756 bits per heavy atom. The molecule has 0 aliphatic carbocycles. The second kappa shape index (κ2) is 37.3. The van der Waals surface area contributed by atoms with Gasteiger partial charge in [0.1, 0.15) is 19.3 Å². The molecule has 0 fully saturated rings. The molecule has 0 aromatic heterocycles. The molecule has 0 heterocycles. The Hall–Kier alpha value is -1.14. The van der Waals surface area contributed by atoms with E-state index >= 15 is 0 Å². The van der Waals surface area contributed by atoms with E-state index in [1.165, 1.54) is 122 Å². The SMILES string of the molecule is CCCCCCCCCCCCCCOC(COC(=O)CCCCCCCCCCCCC)COC(=O)CCCOCCCC. The van der Waals surface area contributed by atoms with Crippen LogP contribution in [-0.2, 0) is 28.5 Å². The molecule has 0 amide bonds. The Balaban J connectivity index is 4.13. The van der Waals surface area contributed by atoms with Crippen molar-refractivity contribution in [1.29, 1.82) is 0 Å². The van der Waals surface area contributed by atoms with Gasteiger partial charge >= 0.3 is 11.9 Å². The van der Waals surface area contributed by atoms with Gasteiger partial charge in [-0.1, -0.05) is 162 Å². The van der Waals surface area contributed by atoms with Crippen LogP contribution in [-0.4, -0.2) is 51.1 Å². The zero-order chi connectivity index (χ0) is 32.9. The predicted octanol–water partition coefficient (Wildman–Crippen LogP) is 11.5. The van der Waals surface area contributed by atoms with Gasteiger partial charge in [-0.15, -0.1) is 0 Å². The highest BCUT2D eigenvalue weighted by Crippen LogP contribution is 2.14. The molecule has 0 N–H and O–H groups in total. The van der Waals surface area contributed by atoms with Gasteiger partial charge in [-0.3, -0.25) is 9.59 Å². The van der Waals surface area contributed by atoms with Crippen LogP contribution >= 0.6 is 0 Å². The number of unbranched alkanes of at least 4 members (excludes halogenated alkanes) is 22. The molecule has 1 atom stereocenters. The number of hydrogen-bond donors (Lipinski definition) is 0. The number of carbonyl (C=O) groups is 2. The third kappa shape index (κ3) is 35.6. The zero-order valence-electron chi connectivity index (χ0n) is 30.4. The van der Waals surface area contributed by atoms with Gasteiger partial charge in [0, 0.05) is 32.7 Å². The van der Waals surface area contributed by atoms with Crippen LogP contribution in [0.3, 0.4) is 0 Å². The Morgan fingerprint density at radius 3 is 1.20 bits per heavy atom.